The van der Waals surface area contributed by atoms with Gasteiger partial charge in [-0.25, -0.2) is 0 Å². The van der Waals surface area contributed by atoms with Gasteiger partial charge in [-0.3, -0.25) is 4.79 Å². The van der Waals surface area contributed by atoms with Gasteiger partial charge in [-0.15, -0.1) is 35.9 Å². The number of rotatable bonds is 1. The molecule has 0 spiro atoms. The molecular formula is C19H6Br4Na2O3. The van der Waals surface area contributed by atoms with E-state index in [0.717, 1.165) is 22.1 Å². The summed E-state index contributed by atoms with van der Waals surface area (Å²) in [4.78, 5) is 12.3. The molecule has 130 valence electrons. The Morgan fingerprint density at radius 3 is 2.32 bits per heavy atom. The zero-order chi connectivity index (χ0) is 18.6. The van der Waals surface area contributed by atoms with Gasteiger partial charge in [-0.1, -0.05) is 27.2 Å². The summed E-state index contributed by atoms with van der Waals surface area (Å²) in [5.41, 5.74) is 2.54. The normalized spacial score (nSPS) is 10.6. The molecule has 2 aliphatic rings. The number of hydrogen-bond acceptors (Lipinski definition) is 3. The molecule has 0 N–H and O–H groups in total. The van der Waals surface area contributed by atoms with Gasteiger partial charge in [0.15, 0.2) is 0 Å². The average molecular weight is 648 g/mol. The van der Waals surface area contributed by atoms with Crippen LogP contribution in [0.1, 0.15) is 0 Å². The van der Waals surface area contributed by atoms with Crippen LogP contribution in [0.25, 0.3) is 33.4 Å². The molecule has 1 aliphatic heterocycles. The summed E-state index contributed by atoms with van der Waals surface area (Å²) in [5.74, 6) is 0.152. The van der Waals surface area contributed by atoms with E-state index < -0.39 is 0 Å². The first-order valence-corrected chi connectivity index (χ1v) is 10.5. The van der Waals surface area contributed by atoms with Crippen molar-refractivity contribution in [1.29, 1.82) is 0 Å². The van der Waals surface area contributed by atoms with E-state index in [-0.39, 0.29) is 70.3 Å². The minimum absolute atomic E-state index is 0. The van der Waals surface area contributed by atoms with Crippen LogP contribution in [0.3, 0.4) is 0 Å². The van der Waals surface area contributed by atoms with Crippen molar-refractivity contribution >= 4 is 74.7 Å². The Morgan fingerprint density at radius 2 is 1.68 bits per heavy atom. The van der Waals surface area contributed by atoms with E-state index in [9.17, 15) is 9.90 Å². The van der Waals surface area contributed by atoms with E-state index in [1.807, 2.05) is 24.3 Å². The second-order valence-corrected chi connectivity index (χ2v) is 8.80. The van der Waals surface area contributed by atoms with Crippen LogP contribution in [0, 0.1) is 6.07 Å². The minimum Gasteiger partial charge on any atom is -0.871 e. The Balaban J connectivity index is 0.00000140. The first-order valence-electron chi connectivity index (χ1n) is 7.30. The monoisotopic (exact) mass is 644 g/mol. The third-order valence-electron chi connectivity index (χ3n) is 3.98. The molecule has 2 aromatic rings. The third-order valence-corrected chi connectivity index (χ3v) is 6.60. The van der Waals surface area contributed by atoms with Crippen molar-refractivity contribution in [1.82, 2.24) is 0 Å². The Bertz CT molecular complexity index is 1210. The van der Waals surface area contributed by atoms with Crippen molar-refractivity contribution in [3.8, 4) is 28.2 Å². The van der Waals surface area contributed by atoms with Crippen molar-refractivity contribution < 1.29 is 68.6 Å². The summed E-state index contributed by atoms with van der Waals surface area (Å²) in [6.45, 7) is 0. The Morgan fingerprint density at radius 1 is 0.964 bits per heavy atom. The molecule has 9 heteroatoms. The second-order valence-electron chi connectivity index (χ2n) is 5.51. The molecule has 1 aliphatic carbocycles. The topological polar surface area (TPSA) is 53.3 Å². The van der Waals surface area contributed by atoms with E-state index in [1.54, 1.807) is 12.1 Å². The van der Waals surface area contributed by atoms with Crippen LogP contribution in [0.4, 0.5) is 0 Å². The minimum atomic E-state index is -0.223. The van der Waals surface area contributed by atoms with Crippen molar-refractivity contribution in [3.05, 3.63) is 70.6 Å². The maximum Gasteiger partial charge on any atom is 1.00 e. The van der Waals surface area contributed by atoms with Crippen LogP contribution >= 0.6 is 63.7 Å². The van der Waals surface area contributed by atoms with Gasteiger partial charge in [0, 0.05) is 4.47 Å². The standard InChI is InChI=1S/C19H7Br4O3.2Na/c20-11-6-9-13(8-4-2-1-3-5-8)10-7-12(21)17(25)15(23)19(10)26-18(9)14(22)16(11)24;;/h1-4,6-7,24H;;/q-1;2*+1/p-1. The van der Waals surface area contributed by atoms with Gasteiger partial charge in [0.2, 0.25) is 5.43 Å². The summed E-state index contributed by atoms with van der Waals surface area (Å²) < 4.78 is 7.42. The SMILES string of the molecule is O=c1c(Br)cc2c(-c3[c-]cccc3)c3cc(Br)c([O-])c(Br)c3oc-2c1Br.[Na+].[Na+]. The molecule has 0 atom stereocenters. The molecule has 0 amide bonds. The average Bonchev–Trinajstić information content (AvgIpc) is 2.64. The van der Waals surface area contributed by atoms with E-state index >= 15 is 0 Å². The molecular weight excluding hydrogens is 642 g/mol. The molecule has 4 rings (SSSR count). The summed E-state index contributed by atoms with van der Waals surface area (Å²) in [6, 6.07) is 14.2. The van der Waals surface area contributed by atoms with Crippen molar-refractivity contribution in [2.24, 2.45) is 0 Å². The Kier molecular flexibility index (Phi) is 8.95. The molecule has 3 nitrogen and oxygen atoms in total. The largest absolute Gasteiger partial charge is 1.00 e. The molecule has 0 bridgehead atoms. The summed E-state index contributed by atoms with van der Waals surface area (Å²) in [5, 5.41) is 13.1. The van der Waals surface area contributed by atoms with Gasteiger partial charge in [0.05, 0.1) is 8.95 Å². The van der Waals surface area contributed by atoms with Crippen molar-refractivity contribution in [2.45, 2.75) is 0 Å². The van der Waals surface area contributed by atoms with E-state index in [4.69, 9.17) is 4.42 Å². The zero-order valence-electron chi connectivity index (χ0n) is 14.7. The van der Waals surface area contributed by atoms with Gasteiger partial charge in [0.25, 0.3) is 0 Å². The molecule has 0 aromatic heterocycles. The van der Waals surface area contributed by atoms with Crippen molar-refractivity contribution in [2.75, 3.05) is 0 Å². The predicted molar refractivity (Wildman–Crippen MR) is 114 cm³/mol. The fourth-order valence-corrected chi connectivity index (χ4v) is 5.23. The molecule has 0 unspecified atom stereocenters. The summed E-state index contributed by atoms with van der Waals surface area (Å²) >= 11 is 13.3. The Hall–Kier alpha value is 0.850. The third kappa shape index (κ3) is 4.27. The van der Waals surface area contributed by atoms with Crippen LogP contribution in [0.2, 0.25) is 0 Å². The molecule has 1 heterocycles. The van der Waals surface area contributed by atoms with Crippen LogP contribution in [0.15, 0.2) is 63.5 Å². The molecule has 28 heavy (non-hydrogen) atoms. The molecule has 0 fully saturated rings. The quantitative estimate of drug-likeness (QED) is 0.172. The van der Waals surface area contributed by atoms with Crippen molar-refractivity contribution in [3.63, 3.8) is 0 Å². The number of hydrogen-bond donors (Lipinski definition) is 0. The van der Waals surface area contributed by atoms with Crippen LogP contribution in [-0.4, -0.2) is 0 Å². The first-order chi connectivity index (χ1) is 12.4. The Labute approximate surface area is 238 Å². The summed E-state index contributed by atoms with van der Waals surface area (Å²) in [7, 11) is 0. The fourth-order valence-electron chi connectivity index (χ4n) is 2.83. The number of benzene rings is 3. The van der Waals surface area contributed by atoms with Gasteiger partial charge >= 0.3 is 59.1 Å². The van der Waals surface area contributed by atoms with Gasteiger partial charge in [-0.05, 0) is 70.9 Å². The van der Waals surface area contributed by atoms with Crippen LogP contribution < -0.4 is 69.6 Å². The van der Waals surface area contributed by atoms with Crippen LogP contribution in [-0.2, 0) is 0 Å². The van der Waals surface area contributed by atoms with Gasteiger partial charge < -0.3 is 9.52 Å². The predicted octanol–water partition coefficient (Wildman–Crippen LogP) is 0.497. The molecule has 0 radical (unpaired) electrons. The van der Waals surface area contributed by atoms with Gasteiger partial charge in [0.1, 0.15) is 15.8 Å². The molecule has 0 saturated heterocycles. The van der Waals surface area contributed by atoms with E-state index in [1.165, 1.54) is 0 Å². The van der Waals surface area contributed by atoms with E-state index in [0.29, 0.717) is 29.2 Å². The number of fused-ring (bicyclic) bond motifs is 2. The van der Waals surface area contributed by atoms with Crippen LogP contribution in [0.5, 0.6) is 5.75 Å². The van der Waals surface area contributed by atoms with Gasteiger partial charge in [-0.2, -0.15) is 0 Å². The smallest absolute Gasteiger partial charge is 0.871 e. The molecule has 2 aromatic carbocycles. The molecule has 0 saturated carbocycles. The first kappa shape index (κ1) is 25.1. The maximum atomic E-state index is 12.3. The maximum absolute atomic E-state index is 12.3. The van der Waals surface area contributed by atoms with E-state index in [2.05, 4.69) is 69.8 Å². The fraction of sp³-hybridized carbons (Fsp3) is 0. The summed E-state index contributed by atoms with van der Waals surface area (Å²) in [6.07, 6.45) is 0. The zero-order valence-corrected chi connectivity index (χ0v) is 25.0. The second kappa shape index (κ2) is 9.98. The number of halogens is 4.